The zero-order valence-electron chi connectivity index (χ0n) is 8.11. The topological polar surface area (TPSA) is 64.9 Å². The Bertz CT molecular complexity index is 283. The van der Waals surface area contributed by atoms with Crippen molar-refractivity contribution in [1.29, 1.82) is 0 Å². The van der Waals surface area contributed by atoms with Crippen molar-refractivity contribution >= 4 is 11.8 Å². The van der Waals surface area contributed by atoms with Gasteiger partial charge in [-0.3, -0.25) is 0 Å². The molecule has 0 radical (unpaired) electrons. The second-order valence-corrected chi connectivity index (χ2v) is 4.75. The Morgan fingerprint density at radius 2 is 2.50 bits per heavy atom. The number of thioether (sulfide) groups is 1. The summed E-state index contributed by atoms with van der Waals surface area (Å²) in [6.07, 6.45) is 4.17. The second-order valence-electron chi connectivity index (χ2n) is 3.44. The van der Waals surface area contributed by atoms with Gasteiger partial charge in [0.15, 0.2) is 5.82 Å². The zero-order chi connectivity index (χ0) is 9.80. The van der Waals surface area contributed by atoms with E-state index in [1.807, 2.05) is 11.8 Å². The minimum Gasteiger partial charge on any atom is -0.339 e. The van der Waals surface area contributed by atoms with Crippen LogP contribution in [0.3, 0.4) is 0 Å². The molecule has 1 aliphatic heterocycles. The van der Waals surface area contributed by atoms with Crippen LogP contribution in [0.5, 0.6) is 0 Å². The van der Waals surface area contributed by atoms with Gasteiger partial charge in [0.05, 0.1) is 5.25 Å². The molecule has 1 atom stereocenters. The first-order valence-electron chi connectivity index (χ1n) is 5.04. The van der Waals surface area contributed by atoms with Crippen LogP contribution in [0, 0.1) is 0 Å². The molecule has 78 valence electrons. The molecule has 5 heteroatoms. The highest BCUT2D eigenvalue weighted by atomic mass is 32.2. The van der Waals surface area contributed by atoms with Crippen LogP contribution in [0.15, 0.2) is 4.52 Å². The molecule has 0 bridgehead atoms. The summed E-state index contributed by atoms with van der Waals surface area (Å²) in [4.78, 5) is 4.38. The molecule has 14 heavy (non-hydrogen) atoms. The molecule has 1 aromatic heterocycles. The van der Waals surface area contributed by atoms with Gasteiger partial charge in [-0.2, -0.15) is 16.7 Å². The van der Waals surface area contributed by atoms with Gasteiger partial charge in [0.25, 0.3) is 0 Å². The Kier molecular flexibility index (Phi) is 3.42. The number of aromatic nitrogens is 2. The summed E-state index contributed by atoms with van der Waals surface area (Å²) in [6.45, 7) is 0.676. The average molecular weight is 213 g/mol. The molecule has 0 aliphatic carbocycles. The van der Waals surface area contributed by atoms with Crippen LogP contribution in [0.25, 0.3) is 0 Å². The lowest BCUT2D eigenvalue weighted by atomic mass is 10.2. The fraction of sp³-hybridized carbons (Fsp3) is 0.778. The maximum absolute atomic E-state index is 5.41. The number of hydrogen-bond donors (Lipinski definition) is 1. The molecule has 0 saturated carbocycles. The number of rotatable bonds is 4. The predicted octanol–water partition coefficient (Wildman–Crippen LogP) is 1.53. The van der Waals surface area contributed by atoms with E-state index in [0.29, 0.717) is 11.8 Å². The summed E-state index contributed by atoms with van der Waals surface area (Å²) >= 11 is 1.92. The molecule has 2 heterocycles. The third-order valence-corrected chi connectivity index (χ3v) is 3.67. The van der Waals surface area contributed by atoms with E-state index in [1.165, 1.54) is 18.6 Å². The van der Waals surface area contributed by atoms with Gasteiger partial charge in [-0.05, 0) is 31.6 Å². The lowest BCUT2D eigenvalue weighted by molar-refractivity contribution is 0.370. The highest BCUT2D eigenvalue weighted by Crippen LogP contribution is 2.38. The summed E-state index contributed by atoms with van der Waals surface area (Å²) in [7, 11) is 0. The molecule has 1 aliphatic rings. The Morgan fingerprint density at radius 3 is 3.21 bits per heavy atom. The molecule has 1 fully saturated rings. The van der Waals surface area contributed by atoms with Gasteiger partial charge in [-0.1, -0.05) is 5.16 Å². The van der Waals surface area contributed by atoms with Crippen LogP contribution in [0.4, 0.5) is 0 Å². The second kappa shape index (κ2) is 4.79. The minimum atomic E-state index is 0.463. The van der Waals surface area contributed by atoms with E-state index in [4.69, 9.17) is 10.3 Å². The van der Waals surface area contributed by atoms with Crippen molar-refractivity contribution in [2.45, 2.75) is 30.9 Å². The zero-order valence-corrected chi connectivity index (χ0v) is 8.92. The first-order chi connectivity index (χ1) is 6.90. The van der Waals surface area contributed by atoms with Gasteiger partial charge in [-0.25, -0.2) is 0 Å². The molecule has 1 aromatic rings. The van der Waals surface area contributed by atoms with Crippen molar-refractivity contribution < 1.29 is 4.52 Å². The molecule has 4 nitrogen and oxygen atoms in total. The van der Waals surface area contributed by atoms with Crippen LogP contribution < -0.4 is 5.73 Å². The fourth-order valence-corrected chi connectivity index (χ4v) is 2.73. The average Bonchev–Trinajstić information content (AvgIpc) is 2.85. The maximum atomic E-state index is 5.41. The van der Waals surface area contributed by atoms with Gasteiger partial charge in [-0.15, -0.1) is 0 Å². The Balaban J connectivity index is 1.94. The third-order valence-electron chi connectivity index (χ3n) is 2.30. The van der Waals surface area contributed by atoms with E-state index in [0.717, 1.165) is 24.6 Å². The monoisotopic (exact) mass is 213 g/mol. The fourth-order valence-electron chi connectivity index (χ4n) is 1.53. The third kappa shape index (κ3) is 2.27. The number of nitrogens with zero attached hydrogens (tertiary/aromatic N) is 2. The molecule has 1 unspecified atom stereocenters. The molecule has 1 saturated heterocycles. The minimum absolute atomic E-state index is 0.463. The molecular formula is C9H15N3OS. The molecule has 0 amide bonds. The normalized spacial score (nSPS) is 21.6. The summed E-state index contributed by atoms with van der Waals surface area (Å²) in [5.74, 6) is 2.83. The number of hydrogen-bond acceptors (Lipinski definition) is 5. The largest absolute Gasteiger partial charge is 0.339 e. The quantitative estimate of drug-likeness (QED) is 0.821. The van der Waals surface area contributed by atoms with Crippen molar-refractivity contribution in [1.82, 2.24) is 10.1 Å². The number of nitrogens with two attached hydrogens (primary N) is 1. The van der Waals surface area contributed by atoms with Gasteiger partial charge in [0.1, 0.15) is 0 Å². The Labute approximate surface area is 87.6 Å². The first kappa shape index (κ1) is 9.98. The van der Waals surface area contributed by atoms with Crippen LogP contribution in [-0.2, 0) is 6.42 Å². The van der Waals surface area contributed by atoms with Gasteiger partial charge < -0.3 is 10.3 Å². The van der Waals surface area contributed by atoms with Gasteiger partial charge >= 0.3 is 0 Å². The van der Waals surface area contributed by atoms with Crippen molar-refractivity contribution in [2.75, 3.05) is 12.3 Å². The molecular weight excluding hydrogens is 198 g/mol. The van der Waals surface area contributed by atoms with Gasteiger partial charge in [0.2, 0.25) is 5.89 Å². The lowest BCUT2D eigenvalue weighted by Gasteiger charge is -1.98. The van der Waals surface area contributed by atoms with Crippen LogP contribution >= 0.6 is 11.8 Å². The predicted molar refractivity (Wildman–Crippen MR) is 56.1 cm³/mol. The van der Waals surface area contributed by atoms with Crippen molar-refractivity contribution in [3.8, 4) is 0 Å². The van der Waals surface area contributed by atoms with E-state index in [2.05, 4.69) is 10.1 Å². The molecule has 2 N–H and O–H groups in total. The van der Waals surface area contributed by atoms with Gasteiger partial charge in [0, 0.05) is 6.42 Å². The highest BCUT2D eigenvalue weighted by molar-refractivity contribution is 7.99. The molecule has 0 spiro atoms. The summed E-state index contributed by atoms with van der Waals surface area (Å²) < 4.78 is 5.15. The summed E-state index contributed by atoms with van der Waals surface area (Å²) in [5.41, 5.74) is 5.41. The Hall–Kier alpha value is -0.550. The van der Waals surface area contributed by atoms with E-state index >= 15 is 0 Å². The van der Waals surface area contributed by atoms with Crippen LogP contribution in [0.2, 0.25) is 0 Å². The van der Waals surface area contributed by atoms with E-state index in [1.54, 1.807) is 0 Å². The maximum Gasteiger partial charge on any atom is 0.226 e. The summed E-state index contributed by atoms with van der Waals surface area (Å²) in [5, 5.41) is 4.47. The van der Waals surface area contributed by atoms with Crippen molar-refractivity contribution in [2.24, 2.45) is 5.73 Å². The smallest absolute Gasteiger partial charge is 0.226 e. The summed E-state index contributed by atoms with van der Waals surface area (Å²) in [6, 6.07) is 0. The van der Waals surface area contributed by atoms with E-state index < -0.39 is 0 Å². The lowest BCUT2D eigenvalue weighted by Crippen LogP contribution is -2.00. The standard InChI is InChI=1S/C9H15N3OS/c10-5-1-4-8-11-9(12-13-8)7-3-2-6-14-7/h7H,1-6,10H2. The SMILES string of the molecule is NCCCc1nc(C2CCCS2)no1. The Morgan fingerprint density at radius 1 is 1.57 bits per heavy atom. The van der Waals surface area contributed by atoms with E-state index in [-0.39, 0.29) is 0 Å². The van der Waals surface area contributed by atoms with E-state index in [9.17, 15) is 0 Å². The molecule has 0 aromatic carbocycles. The number of aryl methyl sites for hydroxylation is 1. The highest BCUT2D eigenvalue weighted by Gasteiger charge is 2.22. The van der Waals surface area contributed by atoms with Crippen LogP contribution in [0.1, 0.15) is 36.2 Å². The van der Waals surface area contributed by atoms with Crippen LogP contribution in [-0.4, -0.2) is 22.4 Å². The van der Waals surface area contributed by atoms with Crippen molar-refractivity contribution in [3.05, 3.63) is 11.7 Å². The van der Waals surface area contributed by atoms with Crippen molar-refractivity contribution in [3.63, 3.8) is 0 Å². The molecule has 2 rings (SSSR count). The first-order valence-corrected chi connectivity index (χ1v) is 6.09.